The number of nitriles is 1. The van der Waals surface area contributed by atoms with E-state index in [-0.39, 0.29) is 17.4 Å². The second-order valence-electron chi connectivity index (χ2n) is 9.35. The predicted octanol–water partition coefficient (Wildman–Crippen LogP) is 4.58. The molecule has 33 heavy (non-hydrogen) atoms. The van der Waals surface area contributed by atoms with Gasteiger partial charge in [0.1, 0.15) is 23.1 Å². The first kappa shape index (κ1) is 21.4. The molecule has 0 spiro atoms. The van der Waals surface area contributed by atoms with Gasteiger partial charge in [-0.05, 0) is 80.8 Å². The SMILES string of the molecule is Cn1c(=O)cc(N[C@H]2CC[C@H](N(CC3CC3)c3ccc(F)cc3)CC2)c2nc(C#N)ccc21. The first-order chi connectivity index (χ1) is 16.0. The van der Waals surface area contributed by atoms with Gasteiger partial charge < -0.3 is 14.8 Å². The molecule has 1 N–H and O–H groups in total. The summed E-state index contributed by atoms with van der Waals surface area (Å²) in [7, 11) is 1.72. The Balaban J connectivity index is 1.32. The number of aryl methyl sites for hydroxylation is 1. The molecule has 0 aliphatic heterocycles. The molecule has 6 nitrogen and oxygen atoms in total. The smallest absolute Gasteiger partial charge is 0.252 e. The molecule has 3 aromatic rings. The van der Waals surface area contributed by atoms with Gasteiger partial charge >= 0.3 is 0 Å². The van der Waals surface area contributed by atoms with Crippen molar-refractivity contribution >= 4 is 22.4 Å². The van der Waals surface area contributed by atoms with E-state index < -0.39 is 0 Å². The van der Waals surface area contributed by atoms with E-state index in [9.17, 15) is 14.4 Å². The lowest BCUT2D eigenvalue weighted by Crippen LogP contribution is -2.42. The van der Waals surface area contributed by atoms with Gasteiger partial charge in [-0.25, -0.2) is 9.37 Å². The third-order valence-corrected chi connectivity index (χ3v) is 7.01. The number of rotatable bonds is 6. The number of fused-ring (bicyclic) bond motifs is 1. The molecule has 2 aromatic heterocycles. The van der Waals surface area contributed by atoms with Gasteiger partial charge in [-0.2, -0.15) is 5.26 Å². The molecule has 1 aromatic carbocycles. The van der Waals surface area contributed by atoms with Crippen LogP contribution in [0.3, 0.4) is 0 Å². The fraction of sp³-hybridized carbons (Fsp3) is 0.423. The topological polar surface area (TPSA) is 74.0 Å². The van der Waals surface area contributed by atoms with Crippen LogP contribution in [-0.4, -0.2) is 28.2 Å². The van der Waals surface area contributed by atoms with E-state index in [4.69, 9.17) is 0 Å². The average Bonchev–Trinajstić information content (AvgIpc) is 3.66. The summed E-state index contributed by atoms with van der Waals surface area (Å²) >= 11 is 0. The third-order valence-electron chi connectivity index (χ3n) is 7.01. The number of aromatic nitrogens is 2. The van der Waals surface area contributed by atoms with Crippen molar-refractivity contribution in [3.05, 3.63) is 64.3 Å². The molecule has 0 bridgehead atoms. The number of pyridine rings is 2. The summed E-state index contributed by atoms with van der Waals surface area (Å²) < 4.78 is 15.0. The van der Waals surface area contributed by atoms with Gasteiger partial charge in [0.2, 0.25) is 0 Å². The molecule has 2 saturated carbocycles. The molecule has 0 radical (unpaired) electrons. The van der Waals surface area contributed by atoms with E-state index in [0.29, 0.717) is 28.5 Å². The summed E-state index contributed by atoms with van der Waals surface area (Å²) in [5, 5.41) is 12.8. The molecule has 2 fully saturated rings. The van der Waals surface area contributed by atoms with Crippen LogP contribution < -0.4 is 15.8 Å². The van der Waals surface area contributed by atoms with Crippen LogP contribution in [-0.2, 0) is 7.05 Å². The van der Waals surface area contributed by atoms with Gasteiger partial charge in [0.15, 0.2) is 0 Å². The van der Waals surface area contributed by atoms with Crippen molar-refractivity contribution in [3.63, 3.8) is 0 Å². The van der Waals surface area contributed by atoms with Crippen molar-refractivity contribution < 1.29 is 4.39 Å². The molecule has 5 rings (SSSR count). The third kappa shape index (κ3) is 4.56. The molecule has 0 atom stereocenters. The number of halogens is 1. The Morgan fingerprint density at radius 3 is 2.52 bits per heavy atom. The Labute approximate surface area is 192 Å². The molecule has 170 valence electrons. The Bertz CT molecular complexity index is 1250. The first-order valence-electron chi connectivity index (χ1n) is 11.7. The standard InChI is InChI=1S/C26H28FN5O/c1-31-24-13-8-20(15-28)30-26(24)23(14-25(31)33)29-19-6-11-22(12-7-19)32(16-17-2-3-17)21-9-4-18(27)5-10-21/h4-5,8-10,13-14,17,19,22,29H,2-3,6-7,11-12,16H2,1H3/t19-,22-. The number of hydrogen-bond donors (Lipinski definition) is 1. The van der Waals surface area contributed by atoms with Crippen LogP contribution in [0.2, 0.25) is 0 Å². The van der Waals surface area contributed by atoms with Crippen molar-refractivity contribution in [2.45, 2.75) is 50.6 Å². The Kier molecular flexibility index (Phi) is 5.76. The summed E-state index contributed by atoms with van der Waals surface area (Å²) in [6.07, 6.45) is 6.57. The van der Waals surface area contributed by atoms with E-state index in [1.54, 1.807) is 41.9 Å². The van der Waals surface area contributed by atoms with Gasteiger partial charge in [-0.1, -0.05) is 0 Å². The van der Waals surface area contributed by atoms with E-state index in [1.165, 1.54) is 12.8 Å². The maximum Gasteiger partial charge on any atom is 0.252 e. The van der Waals surface area contributed by atoms with Crippen molar-refractivity contribution in [2.24, 2.45) is 13.0 Å². The molecular weight excluding hydrogens is 417 g/mol. The first-order valence-corrected chi connectivity index (χ1v) is 11.7. The minimum atomic E-state index is -0.201. The highest BCUT2D eigenvalue weighted by atomic mass is 19.1. The molecule has 0 saturated heterocycles. The second kappa shape index (κ2) is 8.86. The zero-order chi connectivity index (χ0) is 22.9. The fourth-order valence-electron chi connectivity index (χ4n) is 4.93. The molecule has 0 amide bonds. The molecule has 2 aliphatic rings. The van der Waals surface area contributed by atoms with Crippen LogP contribution in [0.4, 0.5) is 15.8 Å². The van der Waals surface area contributed by atoms with Gasteiger partial charge in [0.05, 0.1) is 11.2 Å². The maximum absolute atomic E-state index is 13.5. The lowest BCUT2D eigenvalue weighted by molar-refractivity contribution is 0.386. The summed E-state index contributed by atoms with van der Waals surface area (Å²) in [5.41, 5.74) is 3.40. The zero-order valence-corrected chi connectivity index (χ0v) is 18.8. The summed E-state index contributed by atoms with van der Waals surface area (Å²) in [6, 6.07) is 14.6. The summed E-state index contributed by atoms with van der Waals surface area (Å²) in [6.45, 7) is 1.04. The van der Waals surface area contributed by atoms with Crippen LogP contribution in [0.1, 0.15) is 44.2 Å². The largest absolute Gasteiger partial charge is 0.380 e. The average molecular weight is 446 g/mol. The van der Waals surface area contributed by atoms with Crippen LogP contribution >= 0.6 is 0 Å². The number of nitrogens with zero attached hydrogens (tertiary/aromatic N) is 4. The predicted molar refractivity (Wildman–Crippen MR) is 128 cm³/mol. The van der Waals surface area contributed by atoms with E-state index in [2.05, 4.69) is 21.3 Å². The fourth-order valence-corrected chi connectivity index (χ4v) is 4.93. The molecule has 7 heteroatoms. The van der Waals surface area contributed by atoms with E-state index in [1.807, 2.05) is 12.1 Å². The second-order valence-corrected chi connectivity index (χ2v) is 9.35. The van der Waals surface area contributed by atoms with E-state index >= 15 is 0 Å². The lowest BCUT2D eigenvalue weighted by Gasteiger charge is -2.39. The molecule has 2 heterocycles. The van der Waals surface area contributed by atoms with Crippen molar-refractivity contribution in [1.29, 1.82) is 5.26 Å². The van der Waals surface area contributed by atoms with Crippen molar-refractivity contribution in [1.82, 2.24) is 9.55 Å². The number of hydrogen-bond acceptors (Lipinski definition) is 5. The summed E-state index contributed by atoms with van der Waals surface area (Å²) in [4.78, 5) is 19.4. The van der Waals surface area contributed by atoms with Gasteiger partial charge in [0.25, 0.3) is 5.56 Å². The van der Waals surface area contributed by atoms with Gasteiger partial charge in [0, 0.05) is 37.4 Å². The molecular formula is C26H28FN5O. The molecule has 0 unspecified atom stereocenters. The van der Waals surface area contributed by atoms with Crippen LogP contribution in [0, 0.1) is 23.1 Å². The van der Waals surface area contributed by atoms with Crippen LogP contribution in [0.5, 0.6) is 0 Å². The Morgan fingerprint density at radius 2 is 1.85 bits per heavy atom. The van der Waals surface area contributed by atoms with E-state index in [0.717, 1.165) is 43.8 Å². The summed E-state index contributed by atoms with van der Waals surface area (Å²) in [5.74, 6) is 0.547. The number of nitrogens with one attached hydrogen (secondary N) is 1. The Morgan fingerprint density at radius 1 is 1.12 bits per heavy atom. The highest BCUT2D eigenvalue weighted by Crippen LogP contribution is 2.36. The highest BCUT2D eigenvalue weighted by Gasteiger charge is 2.31. The normalized spacial score (nSPS) is 20.4. The highest BCUT2D eigenvalue weighted by molar-refractivity contribution is 5.88. The monoisotopic (exact) mass is 445 g/mol. The quantitative estimate of drug-likeness (QED) is 0.601. The zero-order valence-electron chi connectivity index (χ0n) is 18.8. The number of anilines is 2. The maximum atomic E-state index is 13.5. The van der Waals surface area contributed by atoms with Crippen LogP contribution in [0.15, 0.2) is 47.3 Å². The molecule has 2 aliphatic carbocycles. The van der Waals surface area contributed by atoms with Crippen molar-refractivity contribution in [2.75, 3.05) is 16.8 Å². The van der Waals surface area contributed by atoms with Crippen molar-refractivity contribution in [3.8, 4) is 6.07 Å². The minimum Gasteiger partial charge on any atom is -0.380 e. The van der Waals surface area contributed by atoms with Gasteiger partial charge in [-0.15, -0.1) is 0 Å². The van der Waals surface area contributed by atoms with Crippen LogP contribution in [0.25, 0.3) is 11.0 Å². The Hall–Kier alpha value is -3.40. The lowest BCUT2D eigenvalue weighted by atomic mass is 9.89. The minimum absolute atomic E-state index is 0.0999. The van der Waals surface area contributed by atoms with Gasteiger partial charge in [-0.3, -0.25) is 4.79 Å². The number of benzene rings is 1.